The Balaban J connectivity index is 3.17. The second-order valence-corrected chi connectivity index (χ2v) is 2.42. The Bertz CT molecular complexity index is 477. The number of hydrogen-bond donors (Lipinski definition) is 1. The van der Waals surface area contributed by atoms with E-state index in [9.17, 15) is 9.18 Å². The molecule has 0 saturated heterocycles. The van der Waals surface area contributed by atoms with Crippen molar-refractivity contribution < 1.29 is 9.18 Å². The van der Waals surface area contributed by atoms with Crippen molar-refractivity contribution in [2.24, 2.45) is 5.73 Å². The van der Waals surface area contributed by atoms with E-state index in [4.69, 9.17) is 11.0 Å². The molecule has 0 aliphatic heterocycles. The van der Waals surface area contributed by atoms with Crippen molar-refractivity contribution in [3.63, 3.8) is 0 Å². The van der Waals surface area contributed by atoms with Crippen LogP contribution >= 0.6 is 0 Å². The van der Waals surface area contributed by atoms with Gasteiger partial charge in [0.2, 0.25) is 0 Å². The van der Waals surface area contributed by atoms with Gasteiger partial charge in [0.25, 0.3) is 5.91 Å². The summed E-state index contributed by atoms with van der Waals surface area (Å²) in [5.41, 5.74) is 5.03. The van der Waals surface area contributed by atoms with Crippen LogP contribution in [0.5, 0.6) is 0 Å². The fourth-order valence-corrected chi connectivity index (χ4v) is 0.820. The number of primary amides is 1. The molecule has 2 N–H and O–H groups in total. The highest BCUT2D eigenvalue weighted by Gasteiger charge is 2.00. The molecule has 1 aromatic rings. The summed E-state index contributed by atoms with van der Waals surface area (Å²) < 4.78 is 13.0. The molecule has 4 heteroatoms. The first-order chi connectivity index (χ1) is 6.63. The van der Waals surface area contributed by atoms with Gasteiger partial charge >= 0.3 is 0 Å². The topological polar surface area (TPSA) is 66.9 Å². The third-order valence-electron chi connectivity index (χ3n) is 1.42. The van der Waals surface area contributed by atoms with E-state index in [1.165, 1.54) is 12.1 Å². The van der Waals surface area contributed by atoms with Gasteiger partial charge in [-0.15, -0.1) is 0 Å². The molecule has 14 heavy (non-hydrogen) atoms. The monoisotopic (exact) mass is 188 g/mol. The maximum Gasteiger partial charge on any atom is 0.293 e. The van der Waals surface area contributed by atoms with Crippen LogP contribution in [0, 0.1) is 29.0 Å². The summed E-state index contributed by atoms with van der Waals surface area (Å²) in [6.07, 6.45) is 0. The van der Waals surface area contributed by atoms with Gasteiger partial charge in [-0.25, -0.2) is 4.39 Å². The Morgan fingerprint density at radius 1 is 1.50 bits per heavy atom. The van der Waals surface area contributed by atoms with E-state index in [2.05, 4.69) is 5.92 Å². The largest absolute Gasteiger partial charge is 0.359 e. The van der Waals surface area contributed by atoms with Crippen LogP contribution in [0.15, 0.2) is 18.2 Å². The molecule has 0 heterocycles. The zero-order valence-electron chi connectivity index (χ0n) is 7.04. The summed E-state index contributed by atoms with van der Waals surface area (Å²) in [7, 11) is 0. The number of nitriles is 1. The maximum atomic E-state index is 13.0. The van der Waals surface area contributed by atoms with Crippen molar-refractivity contribution >= 4 is 5.91 Å². The second kappa shape index (κ2) is 4.06. The zero-order valence-corrected chi connectivity index (χ0v) is 7.04. The first-order valence-electron chi connectivity index (χ1n) is 3.64. The highest BCUT2D eigenvalue weighted by atomic mass is 19.1. The minimum absolute atomic E-state index is 0.0112. The minimum atomic E-state index is -0.841. The Kier molecular flexibility index (Phi) is 2.83. The summed E-state index contributed by atoms with van der Waals surface area (Å²) in [5, 5.41) is 8.52. The Hall–Kier alpha value is -2.33. The molecular formula is C10H5FN2O. The fraction of sp³-hybridized carbons (Fsp3) is 0. The van der Waals surface area contributed by atoms with Gasteiger partial charge in [0.05, 0.1) is 17.2 Å². The standard InChI is InChI=1S/C10H5FN2O/c11-9-3-1-7(6-12)5-8(9)2-4-10(13)14/h1,3,5H,(H2,13,14). The molecule has 0 aliphatic rings. The Morgan fingerprint density at radius 3 is 2.79 bits per heavy atom. The van der Waals surface area contributed by atoms with Crippen LogP contribution in [0.25, 0.3) is 0 Å². The number of carbonyl (C=O) groups is 1. The molecule has 0 bridgehead atoms. The summed E-state index contributed by atoms with van der Waals surface area (Å²) in [6.45, 7) is 0. The number of nitrogens with zero attached hydrogens (tertiary/aromatic N) is 1. The SMILES string of the molecule is N#Cc1ccc(F)c(C#CC(N)=O)c1. The number of amides is 1. The number of nitrogens with two attached hydrogens (primary N) is 1. The zero-order chi connectivity index (χ0) is 10.6. The van der Waals surface area contributed by atoms with Crippen molar-refractivity contribution in [1.82, 2.24) is 0 Å². The van der Waals surface area contributed by atoms with Crippen LogP contribution in [0.4, 0.5) is 4.39 Å². The van der Waals surface area contributed by atoms with Crippen molar-refractivity contribution in [3.8, 4) is 17.9 Å². The molecule has 0 fully saturated rings. The molecule has 0 radical (unpaired) electrons. The summed E-state index contributed by atoms with van der Waals surface area (Å²) in [5.74, 6) is 2.80. The number of hydrogen-bond acceptors (Lipinski definition) is 2. The predicted octanol–water partition coefficient (Wildman–Crippen LogP) is 0.534. The molecule has 68 valence electrons. The van der Waals surface area contributed by atoms with Gasteiger partial charge in [0, 0.05) is 5.92 Å². The summed E-state index contributed by atoms with van der Waals surface area (Å²) >= 11 is 0. The van der Waals surface area contributed by atoms with E-state index in [1.807, 2.05) is 12.0 Å². The highest BCUT2D eigenvalue weighted by molar-refractivity contribution is 5.92. The van der Waals surface area contributed by atoms with Gasteiger partial charge in [-0.2, -0.15) is 5.26 Å². The number of benzene rings is 1. The van der Waals surface area contributed by atoms with Gasteiger partial charge < -0.3 is 5.73 Å². The van der Waals surface area contributed by atoms with Crippen LogP contribution < -0.4 is 5.73 Å². The highest BCUT2D eigenvalue weighted by Crippen LogP contribution is 2.08. The van der Waals surface area contributed by atoms with Crippen LogP contribution in [-0.4, -0.2) is 5.91 Å². The quantitative estimate of drug-likeness (QED) is 0.603. The van der Waals surface area contributed by atoms with E-state index in [0.29, 0.717) is 0 Å². The van der Waals surface area contributed by atoms with E-state index in [1.54, 1.807) is 0 Å². The number of rotatable bonds is 0. The molecule has 0 aromatic heterocycles. The lowest BCUT2D eigenvalue weighted by Crippen LogP contribution is -2.06. The molecule has 0 unspecified atom stereocenters. The average Bonchev–Trinajstić information content (AvgIpc) is 2.16. The van der Waals surface area contributed by atoms with Crippen LogP contribution in [0.2, 0.25) is 0 Å². The molecule has 0 spiro atoms. The molecule has 0 aliphatic carbocycles. The molecule has 3 nitrogen and oxygen atoms in total. The average molecular weight is 188 g/mol. The summed E-state index contributed by atoms with van der Waals surface area (Å²) in [6, 6.07) is 5.53. The molecular weight excluding hydrogens is 183 g/mol. The predicted molar refractivity (Wildman–Crippen MR) is 47.2 cm³/mol. The lowest BCUT2D eigenvalue weighted by atomic mass is 10.1. The van der Waals surface area contributed by atoms with Gasteiger partial charge in [-0.1, -0.05) is 5.92 Å². The third kappa shape index (κ3) is 2.33. The van der Waals surface area contributed by atoms with E-state index < -0.39 is 11.7 Å². The van der Waals surface area contributed by atoms with Crippen molar-refractivity contribution in [1.29, 1.82) is 5.26 Å². The van der Waals surface area contributed by atoms with Gasteiger partial charge in [0.15, 0.2) is 0 Å². The Labute approximate surface area is 79.9 Å². The second-order valence-electron chi connectivity index (χ2n) is 2.42. The lowest BCUT2D eigenvalue weighted by Gasteiger charge is -1.93. The van der Waals surface area contributed by atoms with Gasteiger partial charge in [-0.05, 0) is 18.2 Å². The normalized spacial score (nSPS) is 8.29. The fourth-order valence-electron chi connectivity index (χ4n) is 0.820. The van der Waals surface area contributed by atoms with E-state index >= 15 is 0 Å². The summed E-state index contributed by atoms with van der Waals surface area (Å²) in [4.78, 5) is 10.3. The van der Waals surface area contributed by atoms with Crippen LogP contribution in [-0.2, 0) is 4.79 Å². The lowest BCUT2D eigenvalue weighted by molar-refractivity contribution is -0.112. The molecule has 1 amide bonds. The van der Waals surface area contributed by atoms with Gasteiger partial charge in [-0.3, -0.25) is 4.79 Å². The molecule has 1 rings (SSSR count). The first-order valence-corrected chi connectivity index (χ1v) is 3.64. The maximum absolute atomic E-state index is 13.0. The molecule has 0 atom stereocenters. The number of halogens is 1. The third-order valence-corrected chi connectivity index (χ3v) is 1.42. The van der Waals surface area contributed by atoms with E-state index in [0.717, 1.165) is 6.07 Å². The Morgan fingerprint density at radius 2 is 2.21 bits per heavy atom. The smallest absolute Gasteiger partial charge is 0.293 e. The van der Waals surface area contributed by atoms with Crippen molar-refractivity contribution in [2.75, 3.05) is 0 Å². The van der Waals surface area contributed by atoms with Gasteiger partial charge in [0.1, 0.15) is 5.82 Å². The first kappa shape index (κ1) is 9.76. The van der Waals surface area contributed by atoms with Crippen molar-refractivity contribution in [3.05, 3.63) is 35.1 Å². The van der Waals surface area contributed by atoms with Crippen molar-refractivity contribution in [2.45, 2.75) is 0 Å². The molecule has 0 saturated carbocycles. The minimum Gasteiger partial charge on any atom is -0.359 e. The number of carbonyl (C=O) groups excluding carboxylic acids is 1. The van der Waals surface area contributed by atoms with Crippen LogP contribution in [0.3, 0.4) is 0 Å². The van der Waals surface area contributed by atoms with E-state index in [-0.39, 0.29) is 11.1 Å². The van der Waals surface area contributed by atoms with Crippen LogP contribution in [0.1, 0.15) is 11.1 Å². The molecule has 1 aromatic carbocycles.